The van der Waals surface area contributed by atoms with Crippen LogP contribution in [0.15, 0.2) is 0 Å². The summed E-state index contributed by atoms with van der Waals surface area (Å²) in [5.41, 5.74) is 4.70. The minimum absolute atomic E-state index is 0.0725. The molecular formula is C16H24Cl3N2O5-. The maximum atomic E-state index is 10.4. The van der Waals surface area contributed by atoms with Gasteiger partial charge in [-0.25, -0.2) is 4.98 Å². The molecule has 1 aromatic rings. The van der Waals surface area contributed by atoms with Gasteiger partial charge in [0.2, 0.25) is 0 Å². The van der Waals surface area contributed by atoms with Crippen molar-refractivity contribution in [1.82, 2.24) is 4.98 Å². The first kappa shape index (κ1) is 25.2. The standard InChI is InChI=1S/C10H22O3.C6H3Cl3N2O2/c1-7(11)4-10(5-8(2)12)6-9(3)13;7-1-3(10)2(8)5(9)11-4(1)6(12)13/h7-13H,4-6H2,1-3H3;(H2,10,11)(H,12,13)/p-1. The van der Waals surface area contributed by atoms with Crippen LogP contribution >= 0.6 is 34.8 Å². The summed E-state index contributed by atoms with van der Waals surface area (Å²) in [6.07, 6.45) is 0.869. The van der Waals surface area contributed by atoms with Crippen LogP contribution in [0, 0.1) is 5.92 Å². The number of carbonyl (C=O) groups excluding carboxylic acids is 1. The minimum Gasteiger partial charge on any atom is -0.543 e. The largest absolute Gasteiger partial charge is 0.543 e. The lowest BCUT2D eigenvalue weighted by molar-refractivity contribution is -0.255. The van der Waals surface area contributed by atoms with E-state index in [0.717, 1.165) is 0 Å². The number of nitrogen functional groups attached to an aromatic ring is 1. The molecule has 1 heterocycles. The Morgan fingerprint density at radius 2 is 1.38 bits per heavy atom. The number of aliphatic hydroxyl groups is 3. The van der Waals surface area contributed by atoms with Crippen molar-refractivity contribution in [2.75, 3.05) is 5.73 Å². The quantitative estimate of drug-likeness (QED) is 0.484. The zero-order valence-electron chi connectivity index (χ0n) is 14.7. The number of aromatic carboxylic acids is 1. The van der Waals surface area contributed by atoms with E-state index >= 15 is 0 Å². The van der Waals surface area contributed by atoms with E-state index in [1.807, 2.05) is 0 Å². The molecule has 3 atom stereocenters. The number of anilines is 1. The van der Waals surface area contributed by atoms with E-state index in [-0.39, 0.29) is 45.1 Å². The van der Waals surface area contributed by atoms with Gasteiger partial charge in [0.1, 0.15) is 10.7 Å². The molecule has 0 saturated carbocycles. The summed E-state index contributed by atoms with van der Waals surface area (Å²) in [5, 5.41) is 37.4. The molecule has 0 radical (unpaired) electrons. The van der Waals surface area contributed by atoms with E-state index in [0.29, 0.717) is 19.3 Å². The number of pyridine rings is 1. The first-order chi connectivity index (χ1) is 11.9. The zero-order chi connectivity index (χ0) is 20.6. The van der Waals surface area contributed by atoms with Crippen LogP contribution in [0.5, 0.6) is 0 Å². The fourth-order valence-corrected chi connectivity index (χ4v) is 2.99. The van der Waals surface area contributed by atoms with Gasteiger partial charge in [-0.05, 0) is 46.0 Å². The third kappa shape index (κ3) is 9.21. The average molecular weight is 431 g/mol. The molecule has 0 aromatic carbocycles. The molecule has 10 heteroatoms. The minimum atomic E-state index is -1.56. The number of aliphatic hydroxyl groups excluding tert-OH is 3. The van der Waals surface area contributed by atoms with E-state index in [2.05, 4.69) is 4.98 Å². The Labute approximate surface area is 167 Å². The molecule has 0 fully saturated rings. The number of hydrogen-bond acceptors (Lipinski definition) is 7. The first-order valence-electron chi connectivity index (χ1n) is 7.92. The average Bonchev–Trinajstić information content (AvgIpc) is 2.47. The van der Waals surface area contributed by atoms with Crippen molar-refractivity contribution in [2.45, 2.75) is 58.3 Å². The van der Waals surface area contributed by atoms with E-state index in [4.69, 9.17) is 40.5 Å². The van der Waals surface area contributed by atoms with Crippen molar-refractivity contribution in [1.29, 1.82) is 0 Å². The van der Waals surface area contributed by atoms with Crippen LogP contribution in [-0.2, 0) is 0 Å². The molecule has 0 spiro atoms. The third-order valence-electron chi connectivity index (χ3n) is 3.29. The maximum absolute atomic E-state index is 10.4. The van der Waals surface area contributed by atoms with Gasteiger partial charge in [-0.1, -0.05) is 34.8 Å². The molecule has 0 bridgehead atoms. The van der Waals surface area contributed by atoms with E-state index in [1.54, 1.807) is 20.8 Å². The van der Waals surface area contributed by atoms with Crippen molar-refractivity contribution in [2.24, 2.45) is 5.92 Å². The number of halogens is 3. The highest BCUT2D eigenvalue weighted by Crippen LogP contribution is 2.33. The Morgan fingerprint density at radius 1 is 1.00 bits per heavy atom. The fraction of sp³-hybridized carbons (Fsp3) is 0.625. The highest BCUT2D eigenvalue weighted by molar-refractivity contribution is 6.45. The van der Waals surface area contributed by atoms with Gasteiger partial charge in [-0.3, -0.25) is 0 Å². The molecule has 0 aliphatic carbocycles. The van der Waals surface area contributed by atoms with E-state index in [9.17, 15) is 25.2 Å². The topological polar surface area (TPSA) is 140 Å². The number of carboxylic acid groups (broad SMARTS) is 1. The number of nitrogens with zero attached hydrogens (tertiary/aromatic N) is 1. The molecule has 26 heavy (non-hydrogen) atoms. The van der Waals surface area contributed by atoms with Gasteiger partial charge in [0.25, 0.3) is 0 Å². The number of carbonyl (C=O) groups is 1. The summed E-state index contributed by atoms with van der Waals surface area (Å²) in [6, 6.07) is 0. The maximum Gasteiger partial charge on any atom is 0.150 e. The lowest BCUT2D eigenvalue weighted by atomic mass is 9.91. The first-order valence-corrected chi connectivity index (χ1v) is 9.05. The summed E-state index contributed by atoms with van der Waals surface area (Å²) >= 11 is 16.5. The highest BCUT2D eigenvalue weighted by Gasteiger charge is 2.16. The van der Waals surface area contributed by atoms with Gasteiger partial charge in [-0.15, -0.1) is 0 Å². The van der Waals surface area contributed by atoms with Crippen molar-refractivity contribution in [3.8, 4) is 0 Å². The summed E-state index contributed by atoms with van der Waals surface area (Å²) in [7, 11) is 0. The third-order valence-corrected chi connectivity index (χ3v) is 4.42. The van der Waals surface area contributed by atoms with Gasteiger partial charge in [0, 0.05) is 0 Å². The second-order valence-corrected chi connectivity index (χ2v) is 7.31. The number of aromatic nitrogens is 1. The van der Waals surface area contributed by atoms with Crippen LogP contribution in [0.1, 0.15) is 50.5 Å². The van der Waals surface area contributed by atoms with Crippen LogP contribution in [0.3, 0.4) is 0 Å². The molecule has 5 N–H and O–H groups in total. The van der Waals surface area contributed by atoms with Crippen LogP contribution in [-0.4, -0.2) is 44.6 Å². The van der Waals surface area contributed by atoms with E-state index in [1.165, 1.54) is 0 Å². The molecular weight excluding hydrogens is 407 g/mol. The number of carboxylic acids is 1. The van der Waals surface area contributed by atoms with Crippen molar-refractivity contribution >= 4 is 46.5 Å². The molecule has 0 amide bonds. The van der Waals surface area contributed by atoms with Crippen LogP contribution in [0.25, 0.3) is 0 Å². The molecule has 1 rings (SSSR count). The summed E-state index contributed by atoms with van der Waals surface area (Å²) in [5.74, 6) is -1.35. The molecule has 150 valence electrons. The summed E-state index contributed by atoms with van der Waals surface area (Å²) in [4.78, 5) is 13.8. The SMILES string of the molecule is CC(O)CC(CC(C)O)CC(C)O.Nc1c(Cl)c(Cl)nc(C(=O)[O-])c1Cl. The monoisotopic (exact) mass is 429 g/mol. The second-order valence-electron chi connectivity index (χ2n) is 6.20. The fourth-order valence-electron chi connectivity index (χ4n) is 2.40. The van der Waals surface area contributed by atoms with Gasteiger partial charge < -0.3 is 31.0 Å². The smallest absolute Gasteiger partial charge is 0.150 e. The lowest BCUT2D eigenvalue weighted by Crippen LogP contribution is -2.24. The lowest BCUT2D eigenvalue weighted by Gasteiger charge is -2.21. The Bertz CT molecular complexity index is 574. The predicted octanol–water partition coefficient (Wildman–Crippen LogP) is 1.90. The van der Waals surface area contributed by atoms with Gasteiger partial charge in [0.15, 0.2) is 5.15 Å². The van der Waals surface area contributed by atoms with Gasteiger partial charge in [-0.2, -0.15) is 0 Å². The Hall–Kier alpha value is -0.830. The number of rotatable bonds is 7. The van der Waals surface area contributed by atoms with Crippen molar-refractivity contribution < 1.29 is 25.2 Å². The Kier molecular flexibility index (Phi) is 11.4. The van der Waals surface area contributed by atoms with Gasteiger partial charge in [0.05, 0.1) is 35.0 Å². The van der Waals surface area contributed by atoms with Crippen LogP contribution in [0.2, 0.25) is 15.2 Å². The molecule has 0 saturated heterocycles. The van der Waals surface area contributed by atoms with Crippen molar-refractivity contribution in [3.05, 3.63) is 20.9 Å². The Morgan fingerprint density at radius 3 is 1.69 bits per heavy atom. The zero-order valence-corrected chi connectivity index (χ0v) is 17.0. The summed E-state index contributed by atoms with van der Waals surface area (Å²) in [6.45, 7) is 5.20. The molecule has 1 aromatic heterocycles. The highest BCUT2D eigenvalue weighted by atomic mass is 35.5. The Balaban J connectivity index is 0.000000481. The number of hydrogen-bond donors (Lipinski definition) is 4. The van der Waals surface area contributed by atoms with E-state index < -0.39 is 11.7 Å². The molecule has 0 aliphatic heterocycles. The molecule has 0 aliphatic rings. The molecule has 7 nitrogen and oxygen atoms in total. The normalized spacial score (nSPS) is 15.4. The van der Waals surface area contributed by atoms with Crippen LogP contribution in [0.4, 0.5) is 5.69 Å². The summed E-state index contributed by atoms with van der Waals surface area (Å²) < 4.78 is 0. The number of nitrogens with two attached hydrogens (primary N) is 1. The predicted molar refractivity (Wildman–Crippen MR) is 100 cm³/mol. The second kappa shape index (κ2) is 11.8. The van der Waals surface area contributed by atoms with Gasteiger partial charge >= 0.3 is 0 Å². The van der Waals surface area contributed by atoms with Crippen molar-refractivity contribution in [3.63, 3.8) is 0 Å². The van der Waals surface area contributed by atoms with Crippen LogP contribution < -0.4 is 10.8 Å². The molecule has 3 unspecified atom stereocenters.